The molecule has 20 heavy (non-hydrogen) atoms. The topological polar surface area (TPSA) is 54.4 Å². The van der Waals surface area contributed by atoms with Crippen molar-refractivity contribution in [2.24, 2.45) is 0 Å². The summed E-state index contributed by atoms with van der Waals surface area (Å²) >= 11 is 6.04. The Morgan fingerprint density at radius 2 is 2.05 bits per heavy atom. The van der Waals surface area contributed by atoms with Gasteiger partial charge in [-0.25, -0.2) is 4.98 Å². The number of nitrogens with one attached hydrogen (secondary N) is 1. The fourth-order valence-corrected chi connectivity index (χ4v) is 2.12. The lowest BCUT2D eigenvalue weighted by Crippen LogP contribution is -2.21. The Bertz CT molecular complexity index is 563. The molecule has 1 heterocycles. The summed E-state index contributed by atoms with van der Waals surface area (Å²) < 4.78 is 5.06. The first kappa shape index (κ1) is 14.8. The van der Waals surface area contributed by atoms with Crippen molar-refractivity contribution in [1.82, 2.24) is 10.3 Å². The van der Waals surface area contributed by atoms with Crippen molar-refractivity contribution in [3.05, 3.63) is 58.7 Å². The highest BCUT2D eigenvalue weighted by Crippen LogP contribution is 2.21. The summed E-state index contributed by atoms with van der Waals surface area (Å²) in [6.45, 7) is 0.960. The normalized spacial score (nSPS) is 12.2. The van der Waals surface area contributed by atoms with Crippen molar-refractivity contribution < 1.29 is 9.84 Å². The monoisotopic (exact) mass is 292 g/mol. The summed E-state index contributed by atoms with van der Waals surface area (Å²) in [5.74, 6) is 0.580. The van der Waals surface area contributed by atoms with Gasteiger partial charge in [0.1, 0.15) is 0 Å². The molecule has 0 saturated heterocycles. The van der Waals surface area contributed by atoms with Gasteiger partial charge in [-0.1, -0.05) is 35.9 Å². The molecule has 5 heteroatoms. The van der Waals surface area contributed by atoms with Gasteiger partial charge in [0.05, 0.1) is 18.9 Å². The maximum Gasteiger partial charge on any atom is 0.213 e. The maximum atomic E-state index is 10.1. The summed E-state index contributed by atoms with van der Waals surface area (Å²) in [5.41, 5.74) is 1.58. The van der Waals surface area contributed by atoms with E-state index in [9.17, 15) is 5.11 Å². The molecular formula is C15H17ClN2O2. The Morgan fingerprint density at radius 1 is 1.25 bits per heavy atom. The van der Waals surface area contributed by atoms with Crippen LogP contribution in [-0.4, -0.2) is 23.7 Å². The Kier molecular flexibility index (Phi) is 5.35. The van der Waals surface area contributed by atoms with Gasteiger partial charge in [-0.3, -0.25) is 0 Å². The van der Waals surface area contributed by atoms with E-state index in [1.54, 1.807) is 19.2 Å². The molecule has 1 aromatic carbocycles. The van der Waals surface area contributed by atoms with E-state index >= 15 is 0 Å². The highest BCUT2D eigenvalue weighted by molar-refractivity contribution is 6.31. The number of aromatic nitrogens is 1. The summed E-state index contributed by atoms with van der Waals surface area (Å²) in [5, 5.41) is 13.8. The van der Waals surface area contributed by atoms with Gasteiger partial charge < -0.3 is 15.2 Å². The van der Waals surface area contributed by atoms with Crippen LogP contribution in [0.2, 0.25) is 5.02 Å². The minimum Gasteiger partial charge on any atom is -0.481 e. The van der Waals surface area contributed by atoms with E-state index in [4.69, 9.17) is 16.3 Å². The average Bonchev–Trinajstić information content (AvgIpc) is 2.48. The molecule has 0 fully saturated rings. The lowest BCUT2D eigenvalue weighted by atomic mass is 10.1. The standard InChI is InChI=1S/C15H17ClN2O2/c1-20-15-8-4-5-11(18-15)9-17-10-14(19)12-6-2-3-7-13(12)16/h2-8,14,17,19H,9-10H2,1H3/t14-/m0/s1. The van der Waals surface area contributed by atoms with Crippen LogP contribution in [0.15, 0.2) is 42.5 Å². The van der Waals surface area contributed by atoms with Gasteiger partial charge in [-0.2, -0.15) is 0 Å². The second-order valence-corrected chi connectivity index (χ2v) is 4.75. The van der Waals surface area contributed by atoms with Crippen LogP contribution in [0.25, 0.3) is 0 Å². The Hall–Kier alpha value is -1.62. The molecule has 1 atom stereocenters. The van der Waals surface area contributed by atoms with Crippen molar-refractivity contribution >= 4 is 11.6 Å². The van der Waals surface area contributed by atoms with Crippen molar-refractivity contribution in [2.45, 2.75) is 12.6 Å². The molecule has 0 bridgehead atoms. The summed E-state index contributed by atoms with van der Waals surface area (Å²) in [6, 6.07) is 12.9. The molecular weight excluding hydrogens is 276 g/mol. The minimum absolute atomic E-state index is 0.405. The zero-order valence-corrected chi connectivity index (χ0v) is 12.0. The number of hydrogen-bond acceptors (Lipinski definition) is 4. The SMILES string of the molecule is COc1cccc(CNC[C@H](O)c2ccccc2Cl)n1. The van der Waals surface area contributed by atoms with Gasteiger partial charge in [0.15, 0.2) is 0 Å². The van der Waals surface area contributed by atoms with Crippen LogP contribution in [0.5, 0.6) is 5.88 Å². The third kappa shape index (κ3) is 3.93. The fourth-order valence-electron chi connectivity index (χ4n) is 1.86. The van der Waals surface area contributed by atoms with Crippen LogP contribution >= 0.6 is 11.6 Å². The second-order valence-electron chi connectivity index (χ2n) is 4.34. The molecule has 4 nitrogen and oxygen atoms in total. The minimum atomic E-state index is -0.644. The number of pyridine rings is 1. The number of nitrogens with zero attached hydrogens (tertiary/aromatic N) is 1. The maximum absolute atomic E-state index is 10.1. The molecule has 0 amide bonds. The number of aliphatic hydroxyl groups is 1. The van der Waals surface area contributed by atoms with Gasteiger partial charge in [-0.05, 0) is 12.1 Å². The molecule has 1 aromatic heterocycles. The van der Waals surface area contributed by atoms with Gasteiger partial charge in [-0.15, -0.1) is 0 Å². The molecule has 2 rings (SSSR count). The summed E-state index contributed by atoms with van der Waals surface area (Å²) in [4.78, 5) is 4.29. The van der Waals surface area contributed by atoms with E-state index in [2.05, 4.69) is 10.3 Å². The van der Waals surface area contributed by atoms with Crippen LogP contribution in [0.4, 0.5) is 0 Å². The van der Waals surface area contributed by atoms with Crippen molar-refractivity contribution in [2.75, 3.05) is 13.7 Å². The second kappa shape index (κ2) is 7.24. The third-order valence-corrected chi connectivity index (χ3v) is 3.24. The highest BCUT2D eigenvalue weighted by atomic mass is 35.5. The van der Waals surface area contributed by atoms with Crippen LogP contribution in [-0.2, 0) is 6.54 Å². The van der Waals surface area contributed by atoms with Crippen LogP contribution < -0.4 is 10.1 Å². The van der Waals surface area contributed by atoms with Gasteiger partial charge >= 0.3 is 0 Å². The molecule has 0 spiro atoms. The van der Waals surface area contributed by atoms with Crippen molar-refractivity contribution in [1.29, 1.82) is 0 Å². The Labute approximate surface area is 123 Å². The largest absolute Gasteiger partial charge is 0.481 e. The van der Waals surface area contributed by atoms with Crippen LogP contribution in [0.1, 0.15) is 17.4 Å². The van der Waals surface area contributed by atoms with Crippen LogP contribution in [0.3, 0.4) is 0 Å². The molecule has 0 aliphatic carbocycles. The van der Waals surface area contributed by atoms with Gasteiger partial charge in [0.2, 0.25) is 5.88 Å². The first-order valence-electron chi connectivity index (χ1n) is 6.34. The van der Waals surface area contributed by atoms with E-state index < -0.39 is 6.10 Å². The quantitative estimate of drug-likeness (QED) is 0.859. The molecule has 2 aromatic rings. The fraction of sp³-hybridized carbons (Fsp3) is 0.267. The Morgan fingerprint density at radius 3 is 2.80 bits per heavy atom. The number of benzene rings is 1. The molecule has 2 N–H and O–H groups in total. The lowest BCUT2D eigenvalue weighted by Gasteiger charge is -2.13. The highest BCUT2D eigenvalue weighted by Gasteiger charge is 2.10. The number of methoxy groups -OCH3 is 1. The number of ether oxygens (including phenoxy) is 1. The van der Waals surface area contributed by atoms with Gasteiger partial charge in [0, 0.05) is 29.7 Å². The van der Waals surface area contributed by atoms with E-state index in [1.807, 2.05) is 30.3 Å². The molecule has 0 unspecified atom stereocenters. The molecule has 0 aliphatic heterocycles. The first-order chi connectivity index (χ1) is 9.70. The van der Waals surface area contributed by atoms with Gasteiger partial charge in [0.25, 0.3) is 0 Å². The zero-order valence-electron chi connectivity index (χ0n) is 11.2. The predicted octanol–water partition coefficient (Wildman–Crippen LogP) is 2.57. The average molecular weight is 293 g/mol. The first-order valence-corrected chi connectivity index (χ1v) is 6.71. The number of aliphatic hydroxyl groups excluding tert-OH is 1. The Balaban J connectivity index is 1.88. The molecule has 0 saturated carbocycles. The van der Waals surface area contributed by atoms with Crippen molar-refractivity contribution in [3.63, 3.8) is 0 Å². The smallest absolute Gasteiger partial charge is 0.213 e. The zero-order chi connectivity index (χ0) is 14.4. The molecule has 106 valence electrons. The molecule has 0 aliphatic rings. The molecule has 0 radical (unpaired) electrons. The third-order valence-electron chi connectivity index (χ3n) is 2.90. The lowest BCUT2D eigenvalue weighted by molar-refractivity contribution is 0.174. The van der Waals surface area contributed by atoms with Crippen LogP contribution in [0, 0.1) is 0 Å². The summed E-state index contributed by atoms with van der Waals surface area (Å²) in [7, 11) is 1.58. The van der Waals surface area contributed by atoms with E-state index in [1.165, 1.54) is 0 Å². The van der Waals surface area contributed by atoms with E-state index in [-0.39, 0.29) is 0 Å². The number of hydrogen-bond donors (Lipinski definition) is 2. The summed E-state index contributed by atoms with van der Waals surface area (Å²) in [6.07, 6.45) is -0.644. The van der Waals surface area contributed by atoms with E-state index in [0.717, 1.165) is 11.3 Å². The van der Waals surface area contributed by atoms with Crippen molar-refractivity contribution in [3.8, 4) is 5.88 Å². The number of halogens is 1. The number of rotatable bonds is 6. The predicted molar refractivity (Wildman–Crippen MR) is 78.9 cm³/mol. The van der Waals surface area contributed by atoms with E-state index in [0.29, 0.717) is 24.0 Å².